The average Bonchev–Trinajstić information content (AvgIpc) is 2.47. The molecule has 21 heavy (non-hydrogen) atoms. The zero-order valence-electron chi connectivity index (χ0n) is 12.4. The van der Waals surface area contributed by atoms with Crippen molar-refractivity contribution in [2.45, 2.75) is 31.6 Å². The molecule has 1 aromatic carbocycles. The summed E-state index contributed by atoms with van der Waals surface area (Å²) in [5, 5.41) is 9.09. The van der Waals surface area contributed by atoms with Crippen LogP contribution in [0, 0.1) is 5.92 Å². The third-order valence-corrected chi connectivity index (χ3v) is 4.59. The van der Waals surface area contributed by atoms with Gasteiger partial charge in [0.05, 0.1) is 5.92 Å². The van der Waals surface area contributed by atoms with E-state index < -0.39 is 5.97 Å². The molecule has 1 N–H and O–H groups in total. The van der Waals surface area contributed by atoms with Gasteiger partial charge in [-0.25, -0.2) is 0 Å². The molecule has 1 heterocycles. The second kappa shape index (κ2) is 6.98. The van der Waals surface area contributed by atoms with Gasteiger partial charge >= 0.3 is 5.97 Å². The van der Waals surface area contributed by atoms with Crippen LogP contribution in [-0.2, 0) is 10.5 Å². The standard InChI is InChI=1S/C16H21NO3S/c1-11-8-14(16(19)20)6-7-17(11)15(18)13-5-3-4-12(9-13)10-21-2/h3-5,9,11,14H,6-8,10H2,1-2H3,(H,19,20). The van der Waals surface area contributed by atoms with Crippen molar-refractivity contribution in [2.24, 2.45) is 5.92 Å². The van der Waals surface area contributed by atoms with Crippen LogP contribution < -0.4 is 0 Å². The second-order valence-corrected chi connectivity index (χ2v) is 6.41. The van der Waals surface area contributed by atoms with E-state index in [0.717, 1.165) is 11.3 Å². The Hall–Kier alpha value is -1.49. The van der Waals surface area contributed by atoms with E-state index >= 15 is 0 Å². The normalized spacial score (nSPS) is 22.1. The molecule has 1 aliphatic rings. The number of aliphatic carboxylic acids is 1. The smallest absolute Gasteiger partial charge is 0.306 e. The number of hydrogen-bond donors (Lipinski definition) is 1. The Labute approximate surface area is 129 Å². The molecule has 0 spiro atoms. The van der Waals surface area contributed by atoms with Crippen LogP contribution in [-0.4, -0.2) is 40.7 Å². The number of piperidine rings is 1. The monoisotopic (exact) mass is 307 g/mol. The Balaban J connectivity index is 2.10. The average molecular weight is 307 g/mol. The van der Waals surface area contributed by atoms with Gasteiger partial charge in [-0.15, -0.1) is 0 Å². The van der Waals surface area contributed by atoms with Crippen molar-refractivity contribution in [3.8, 4) is 0 Å². The minimum atomic E-state index is -0.754. The number of nitrogens with zero attached hydrogens (tertiary/aromatic N) is 1. The van der Waals surface area contributed by atoms with Crippen molar-refractivity contribution in [2.75, 3.05) is 12.8 Å². The number of carboxylic acid groups (broad SMARTS) is 1. The minimum absolute atomic E-state index is 0.00860. The highest BCUT2D eigenvalue weighted by atomic mass is 32.2. The lowest BCUT2D eigenvalue weighted by Gasteiger charge is -2.36. The van der Waals surface area contributed by atoms with Crippen molar-refractivity contribution in [1.82, 2.24) is 4.90 Å². The highest BCUT2D eigenvalue weighted by Crippen LogP contribution is 2.25. The van der Waals surface area contributed by atoms with E-state index in [9.17, 15) is 9.59 Å². The van der Waals surface area contributed by atoms with Crippen molar-refractivity contribution in [3.05, 3.63) is 35.4 Å². The van der Waals surface area contributed by atoms with Crippen LogP contribution in [0.2, 0.25) is 0 Å². The number of thioether (sulfide) groups is 1. The molecular weight excluding hydrogens is 286 g/mol. The zero-order valence-corrected chi connectivity index (χ0v) is 13.2. The van der Waals surface area contributed by atoms with E-state index in [1.54, 1.807) is 16.7 Å². The maximum Gasteiger partial charge on any atom is 0.306 e. The largest absolute Gasteiger partial charge is 0.481 e. The fraction of sp³-hybridized carbons (Fsp3) is 0.500. The molecule has 4 nitrogen and oxygen atoms in total. The third kappa shape index (κ3) is 3.79. The summed E-state index contributed by atoms with van der Waals surface area (Å²) in [5.41, 5.74) is 1.84. The maximum absolute atomic E-state index is 12.6. The van der Waals surface area contributed by atoms with E-state index in [0.29, 0.717) is 24.9 Å². The highest BCUT2D eigenvalue weighted by Gasteiger charge is 2.32. The van der Waals surface area contributed by atoms with Crippen LogP contribution in [0.5, 0.6) is 0 Å². The van der Waals surface area contributed by atoms with Crippen LogP contribution in [0.25, 0.3) is 0 Å². The summed E-state index contributed by atoms with van der Waals surface area (Å²) in [7, 11) is 0. The van der Waals surface area contributed by atoms with Crippen molar-refractivity contribution in [1.29, 1.82) is 0 Å². The molecule has 0 saturated carbocycles. The number of carboxylic acids is 1. The molecule has 0 aromatic heterocycles. The number of carbonyl (C=O) groups is 2. The Kier molecular flexibility index (Phi) is 5.28. The SMILES string of the molecule is CSCc1cccc(C(=O)N2CCC(C(=O)O)CC2C)c1. The molecule has 1 saturated heterocycles. The number of rotatable bonds is 4. The first-order chi connectivity index (χ1) is 10.0. The lowest BCUT2D eigenvalue weighted by Crippen LogP contribution is -2.46. The zero-order chi connectivity index (χ0) is 15.4. The first-order valence-electron chi connectivity index (χ1n) is 7.14. The Bertz CT molecular complexity index is 532. The quantitative estimate of drug-likeness (QED) is 0.929. The predicted octanol–water partition coefficient (Wildman–Crippen LogP) is 2.87. The van der Waals surface area contributed by atoms with Gasteiger partial charge < -0.3 is 10.0 Å². The first-order valence-corrected chi connectivity index (χ1v) is 8.54. The molecule has 2 rings (SSSR count). The van der Waals surface area contributed by atoms with Crippen LogP contribution >= 0.6 is 11.8 Å². The molecule has 2 unspecified atom stereocenters. The molecule has 5 heteroatoms. The molecule has 1 aliphatic heterocycles. The third-order valence-electron chi connectivity index (χ3n) is 3.97. The molecule has 1 fully saturated rings. The summed E-state index contributed by atoms with van der Waals surface area (Å²) in [5.74, 6) is -0.185. The molecule has 2 atom stereocenters. The number of hydrogen-bond acceptors (Lipinski definition) is 3. The Morgan fingerprint density at radius 1 is 1.43 bits per heavy atom. The van der Waals surface area contributed by atoms with Gasteiger partial charge in [0.2, 0.25) is 0 Å². The van der Waals surface area contributed by atoms with Crippen molar-refractivity contribution >= 4 is 23.6 Å². The lowest BCUT2D eigenvalue weighted by molar-refractivity contribution is -0.143. The molecule has 114 valence electrons. The van der Waals surface area contributed by atoms with Gasteiger partial charge in [-0.05, 0) is 43.7 Å². The molecule has 0 aliphatic carbocycles. The predicted molar refractivity (Wildman–Crippen MR) is 84.5 cm³/mol. The molecule has 0 bridgehead atoms. The summed E-state index contributed by atoms with van der Waals surface area (Å²) in [6, 6.07) is 7.68. The number of amides is 1. The molecule has 1 aromatic rings. The molecular formula is C16H21NO3S. The van der Waals surface area contributed by atoms with Gasteiger partial charge in [-0.3, -0.25) is 9.59 Å². The van der Waals surface area contributed by atoms with E-state index in [1.165, 1.54) is 0 Å². The Morgan fingerprint density at radius 3 is 2.81 bits per heavy atom. The van der Waals surface area contributed by atoms with Crippen molar-refractivity contribution in [3.63, 3.8) is 0 Å². The van der Waals surface area contributed by atoms with E-state index in [4.69, 9.17) is 5.11 Å². The summed E-state index contributed by atoms with van der Waals surface area (Å²) >= 11 is 1.72. The fourth-order valence-electron chi connectivity index (χ4n) is 2.82. The molecule has 0 radical (unpaired) electrons. The summed E-state index contributed by atoms with van der Waals surface area (Å²) in [6.07, 6.45) is 3.11. The van der Waals surface area contributed by atoms with E-state index in [1.807, 2.05) is 37.4 Å². The number of likely N-dealkylation sites (tertiary alicyclic amines) is 1. The minimum Gasteiger partial charge on any atom is -0.481 e. The topological polar surface area (TPSA) is 57.6 Å². The van der Waals surface area contributed by atoms with Gasteiger partial charge in [0.1, 0.15) is 0 Å². The molecule has 1 amide bonds. The van der Waals surface area contributed by atoms with Crippen LogP contribution in [0.4, 0.5) is 0 Å². The fourth-order valence-corrected chi connectivity index (χ4v) is 3.34. The number of carbonyl (C=O) groups excluding carboxylic acids is 1. The van der Waals surface area contributed by atoms with Crippen molar-refractivity contribution < 1.29 is 14.7 Å². The highest BCUT2D eigenvalue weighted by molar-refractivity contribution is 7.97. The lowest BCUT2D eigenvalue weighted by atomic mass is 9.91. The Morgan fingerprint density at radius 2 is 2.19 bits per heavy atom. The second-order valence-electron chi connectivity index (χ2n) is 5.54. The van der Waals surface area contributed by atoms with E-state index in [2.05, 4.69) is 0 Å². The van der Waals surface area contributed by atoms with Crippen LogP contribution in [0.3, 0.4) is 0 Å². The summed E-state index contributed by atoms with van der Waals surface area (Å²) in [4.78, 5) is 25.5. The van der Waals surface area contributed by atoms with Gasteiger partial charge in [-0.2, -0.15) is 11.8 Å². The maximum atomic E-state index is 12.6. The first kappa shape index (κ1) is 15.9. The van der Waals surface area contributed by atoms with Gasteiger partial charge in [0, 0.05) is 23.9 Å². The van der Waals surface area contributed by atoms with Gasteiger partial charge in [0.25, 0.3) is 5.91 Å². The van der Waals surface area contributed by atoms with Crippen LogP contribution in [0.15, 0.2) is 24.3 Å². The van der Waals surface area contributed by atoms with E-state index in [-0.39, 0.29) is 17.9 Å². The number of benzene rings is 1. The summed E-state index contributed by atoms with van der Waals surface area (Å²) < 4.78 is 0. The van der Waals surface area contributed by atoms with Gasteiger partial charge in [-0.1, -0.05) is 12.1 Å². The summed E-state index contributed by atoms with van der Waals surface area (Å²) in [6.45, 7) is 2.45. The van der Waals surface area contributed by atoms with Gasteiger partial charge in [0.15, 0.2) is 0 Å². The van der Waals surface area contributed by atoms with Crippen LogP contribution in [0.1, 0.15) is 35.7 Å².